The zero-order valence-corrected chi connectivity index (χ0v) is 12.4. The molecule has 6 nitrogen and oxygen atoms in total. The lowest BCUT2D eigenvalue weighted by molar-refractivity contribution is -0.132. The van der Waals surface area contributed by atoms with Crippen LogP contribution in [0.15, 0.2) is 12.7 Å². The third kappa shape index (κ3) is 4.08. The maximum atomic E-state index is 11.9. The Morgan fingerprint density at radius 3 is 2.65 bits per heavy atom. The molecule has 0 aromatic rings. The maximum absolute atomic E-state index is 11.9. The van der Waals surface area contributed by atoms with E-state index in [-0.39, 0.29) is 36.3 Å². The third-order valence-electron chi connectivity index (χ3n) is 3.35. The van der Waals surface area contributed by atoms with Crippen LogP contribution in [-0.4, -0.2) is 59.2 Å². The van der Waals surface area contributed by atoms with Crippen molar-refractivity contribution in [3.63, 3.8) is 0 Å². The highest BCUT2D eigenvalue weighted by molar-refractivity contribution is 5.91. The van der Waals surface area contributed by atoms with E-state index < -0.39 is 0 Å². The minimum atomic E-state index is -0.269. The number of amides is 3. The molecule has 1 saturated heterocycles. The van der Waals surface area contributed by atoms with Crippen molar-refractivity contribution in [3.05, 3.63) is 12.7 Å². The van der Waals surface area contributed by atoms with Gasteiger partial charge in [-0.1, -0.05) is 6.58 Å². The summed E-state index contributed by atoms with van der Waals surface area (Å²) in [5.41, 5.74) is 0. The molecule has 1 heterocycles. The first-order valence-corrected chi connectivity index (χ1v) is 6.89. The fourth-order valence-electron chi connectivity index (χ4n) is 2.25. The summed E-state index contributed by atoms with van der Waals surface area (Å²) < 4.78 is 0. The molecule has 1 aliphatic rings. The van der Waals surface area contributed by atoms with Crippen LogP contribution >= 0.6 is 0 Å². The van der Waals surface area contributed by atoms with E-state index in [0.717, 1.165) is 0 Å². The van der Waals surface area contributed by atoms with E-state index in [9.17, 15) is 14.4 Å². The van der Waals surface area contributed by atoms with Crippen LogP contribution in [0.1, 0.15) is 27.2 Å². The second-order valence-electron chi connectivity index (χ2n) is 5.16. The molecule has 0 aromatic carbocycles. The van der Waals surface area contributed by atoms with Gasteiger partial charge in [-0.15, -0.1) is 0 Å². The van der Waals surface area contributed by atoms with Crippen LogP contribution in [0.25, 0.3) is 0 Å². The molecule has 1 N–H and O–H groups in total. The van der Waals surface area contributed by atoms with Gasteiger partial charge in [-0.3, -0.25) is 14.4 Å². The summed E-state index contributed by atoms with van der Waals surface area (Å²) in [5.74, 6) is -0.459. The predicted molar refractivity (Wildman–Crippen MR) is 75.8 cm³/mol. The van der Waals surface area contributed by atoms with Crippen molar-refractivity contribution in [2.24, 2.45) is 0 Å². The topological polar surface area (TPSA) is 69.7 Å². The fraction of sp³-hybridized carbons (Fsp3) is 0.643. The second kappa shape index (κ2) is 7.07. The number of nitrogens with one attached hydrogen (secondary N) is 1. The van der Waals surface area contributed by atoms with Crippen LogP contribution in [0.3, 0.4) is 0 Å². The van der Waals surface area contributed by atoms with Crippen LogP contribution < -0.4 is 5.32 Å². The van der Waals surface area contributed by atoms with Crippen molar-refractivity contribution in [2.75, 3.05) is 19.6 Å². The molecule has 0 saturated carbocycles. The highest BCUT2D eigenvalue weighted by Gasteiger charge is 2.32. The number of nitrogens with zero attached hydrogens (tertiary/aromatic N) is 2. The monoisotopic (exact) mass is 281 g/mol. The summed E-state index contributed by atoms with van der Waals surface area (Å²) in [6, 6.07) is -0.0335. The third-order valence-corrected chi connectivity index (χ3v) is 3.35. The predicted octanol–water partition coefficient (Wildman–Crippen LogP) is 0.146. The molecule has 1 fully saturated rings. The van der Waals surface area contributed by atoms with E-state index in [1.165, 1.54) is 11.0 Å². The number of hydrogen-bond donors (Lipinski definition) is 1. The zero-order chi connectivity index (χ0) is 15.3. The number of rotatable bonds is 6. The fourth-order valence-corrected chi connectivity index (χ4v) is 2.25. The lowest BCUT2D eigenvalue weighted by atomic mass is 10.2. The molecule has 112 valence electrons. The van der Waals surface area contributed by atoms with E-state index in [4.69, 9.17) is 0 Å². The summed E-state index contributed by atoms with van der Waals surface area (Å²) in [7, 11) is 0. The summed E-state index contributed by atoms with van der Waals surface area (Å²) in [4.78, 5) is 38.3. The van der Waals surface area contributed by atoms with Crippen LogP contribution in [0, 0.1) is 0 Å². The maximum Gasteiger partial charge on any atom is 0.246 e. The standard InChI is InChI=1S/C14H23N3O3/c1-5-13(19)16(6-2)9-12(18)15-11-7-14(20)17(8-11)10(3)4/h5,10-11H,1,6-9H2,2-4H3,(H,15,18). The van der Waals surface area contributed by atoms with Gasteiger partial charge >= 0.3 is 0 Å². The van der Waals surface area contributed by atoms with Gasteiger partial charge in [0.25, 0.3) is 0 Å². The quantitative estimate of drug-likeness (QED) is 0.704. The van der Waals surface area contributed by atoms with Crippen molar-refractivity contribution in [2.45, 2.75) is 39.3 Å². The van der Waals surface area contributed by atoms with Gasteiger partial charge in [0.05, 0.1) is 12.6 Å². The van der Waals surface area contributed by atoms with Gasteiger partial charge in [0.15, 0.2) is 0 Å². The van der Waals surface area contributed by atoms with Crippen molar-refractivity contribution in [1.82, 2.24) is 15.1 Å². The summed E-state index contributed by atoms with van der Waals surface area (Å²) in [6.07, 6.45) is 1.52. The molecular weight excluding hydrogens is 258 g/mol. The number of likely N-dealkylation sites (tertiary alicyclic amines) is 1. The number of likely N-dealkylation sites (N-methyl/N-ethyl adjacent to an activating group) is 1. The first-order chi connectivity index (χ1) is 9.38. The minimum absolute atomic E-state index is 0.00623. The Kier molecular flexibility index (Phi) is 5.73. The van der Waals surface area contributed by atoms with E-state index in [1.54, 1.807) is 11.8 Å². The van der Waals surface area contributed by atoms with Gasteiger partial charge in [0.1, 0.15) is 0 Å². The molecule has 20 heavy (non-hydrogen) atoms. The molecule has 0 aliphatic carbocycles. The zero-order valence-electron chi connectivity index (χ0n) is 12.4. The average molecular weight is 281 g/mol. The van der Waals surface area contributed by atoms with Crippen molar-refractivity contribution < 1.29 is 14.4 Å². The van der Waals surface area contributed by atoms with Crippen LogP contribution in [0.5, 0.6) is 0 Å². The molecule has 1 aliphatic heterocycles. The lowest BCUT2D eigenvalue weighted by Gasteiger charge is -2.22. The van der Waals surface area contributed by atoms with Crippen LogP contribution in [-0.2, 0) is 14.4 Å². The van der Waals surface area contributed by atoms with Crippen molar-refractivity contribution >= 4 is 17.7 Å². The van der Waals surface area contributed by atoms with Crippen LogP contribution in [0.4, 0.5) is 0 Å². The first-order valence-electron chi connectivity index (χ1n) is 6.89. The second-order valence-corrected chi connectivity index (χ2v) is 5.16. The molecule has 1 atom stereocenters. The highest BCUT2D eigenvalue weighted by atomic mass is 16.2. The molecule has 0 spiro atoms. The summed E-state index contributed by atoms with van der Waals surface area (Å²) in [5, 5.41) is 2.81. The first kappa shape index (κ1) is 16.2. The Morgan fingerprint density at radius 2 is 2.20 bits per heavy atom. The molecule has 0 radical (unpaired) electrons. The Balaban J connectivity index is 2.49. The Bertz CT molecular complexity index is 406. The van der Waals surface area contributed by atoms with E-state index in [1.807, 2.05) is 13.8 Å². The normalized spacial score (nSPS) is 18.3. The molecule has 0 aromatic heterocycles. The average Bonchev–Trinajstić information content (AvgIpc) is 2.75. The van der Waals surface area contributed by atoms with Crippen LogP contribution in [0.2, 0.25) is 0 Å². The molecule has 1 rings (SSSR count). The summed E-state index contributed by atoms with van der Waals surface area (Å²) >= 11 is 0. The largest absolute Gasteiger partial charge is 0.350 e. The SMILES string of the molecule is C=CC(=O)N(CC)CC(=O)NC1CC(=O)N(C(C)C)C1. The van der Waals surface area contributed by atoms with Gasteiger partial charge in [-0.25, -0.2) is 0 Å². The Hall–Kier alpha value is -1.85. The smallest absolute Gasteiger partial charge is 0.246 e. The Morgan fingerprint density at radius 1 is 1.55 bits per heavy atom. The van der Waals surface area contributed by atoms with E-state index in [0.29, 0.717) is 19.5 Å². The van der Waals surface area contributed by atoms with Crippen molar-refractivity contribution in [1.29, 1.82) is 0 Å². The van der Waals surface area contributed by atoms with Crippen molar-refractivity contribution in [3.8, 4) is 0 Å². The number of carbonyl (C=O) groups excluding carboxylic acids is 3. The van der Waals surface area contributed by atoms with E-state index in [2.05, 4.69) is 11.9 Å². The van der Waals surface area contributed by atoms with Gasteiger partial charge in [0.2, 0.25) is 17.7 Å². The highest BCUT2D eigenvalue weighted by Crippen LogP contribution is 2.14. The number of hydrogen-bond acceptors (Lipinski definition) is 3. The number of carbonyl (C=O) groups is 3. The van der Waals surface area contributed by atoms with Gasteiger partial charge in [-0.2, -0.15) is 0 Å². The van der Waals surface area contributed by atoms with E-state index >= 15 is 0 Å². The molecule has 0 bridgehead atoms. The lowest BCUT2D eigenvalue weighted by Crippen LogP contribution is -2.45. The van der Waals surface area contributed by atoms with Gasteiger partial charge in [0, 0.05) is 25.6 Å². The minimum Gasteiger partial charge on any atom is -0.350 e. The Labute approximate surface area is 119 Å². The summed E-state index contributed by atoms with van der Waals surface area (Å²) in [6.45, 7) is 10.1. The molecular formula is C14H23N3O3. The van der Waals surface area contributed by atoms with Gasteiger partial charge < -0.3 is 15.1 Å². The molecule has 6 heteroatoms. The molecule has 1 unspecified atom stereocenters. The van der Waals surface area contributed by atoms with Gasteiger partial charge in [-0.05, 0) is 26.8 Å². The molecule has 3 amide bonds.